The number of anilines is 1. The molecule has 0 radical (unpaired) electrons. The van der Waals surface area contributed by atoms with Crippen LogP contribution in [0.25, 0.3) is 0 Å². The van der Waals surface area contributed by atoms with Gasteiger partial charge in [-0.1, -0.05) is 18.2 Å². The smallest absolute Gasteiger partial charge is 0.0444 e. The fraction of sp³-hybridized carbons (Fsp3) is 0.500. The molecule has 0 spiro atoms. The lowest BCUT2D eigenvalue weighted by Gasteiger charge is -2.32. The predicted octanol–water partition coefficient (Wildman–Crippen LogP) is 1.92. The number of nitrogens with zero attached hydrogens (tertiary/aromatic N) is 1. The van der Waals surface area contributed by atoms with E-state index in [2.05, 4.69) is 30.0 Å². The van der Waals surface area contributed by atoms with E-state index in [1.807, 2.05) is 0 Å². The topological polar surface area (TPSA) is 29.3 Å². The minimum absolute atomic E-state index is 0.652. The maximum Gasteiger partial charge on any atom is 0.0444 e. The zero-order chi connectivity index (χ0) is 9.97. The van der Waals surface area contributed by atoms with Gasteiger partial charge in [0, 0.05) is 25.3 Å². The fourth-order valence-electron chi connectivity index (χ4n) is 2.31. The predicted molar refractivity (Wildman–Crippen MR) is 60.5 cm³/mol. The third-order valence-corrected chi connectivity index (χ3v) is 3.00. The zero-order valence-corrected chi connectivity index (χ0v) is 8.79. The fourth-order valence-corrected chi connectivity index (χ4v) is 2.31. The van der Waals surface area contributed by atoms with Gasteiger partial charge in [0.05, 0.1) is 0 Å². The van der Waals surface area contributed by atoms with Crippen molar-refractivity contribution in [3.8, 4) is 0 Å². The summed E-state index contributed by atoms with van der Waals surface area (Å²) in [5, 5.41) is 0. The molecule has 76 valence electrons. The van der Waals surface area contributed by atoms with Gasteiger partial charge in [-0.2, -0.15) is 0 Å². The van der Waals surface area contributed by atoms with E-state index < -0.39 is 0 Å². The first-order valence-electron chi connectivity index (χ1n) is 5.42. The maximum absolute atomic E-state index is 5.76. The highest BCUT2D eigenvalue weighted by Crippen LogP contribution is 2.30. The minimum Gasteiger partial charge on any atom is -0.371 e. The Morgan fingerprint density at radius 2 is 2.29 bits per heavy atom. The van der Waals surface area contributed by atoms with Crippen LogP contribution >= 0.6 is 0 Å². The van der Waals surface area contributed by atoms with Crippen molar-refractivity contribution in [3.05, 3.63) is 29.3 Å². The average molecular weight is 190 g/mol. The van der Waals surface area contributed by atoms with Gasteiger partial charge in [-0.05, 0) is 30.9 Å². The van der Waals surface area contributed by atoms with Gasteiger partial charge < -0.3 is 10.6 Å². The van der Waals surface area contributed by atoms with Crippen LogP contribution in [0.3, 0.4) is 0 Å². The van der Waals surface area contributed by atoms with Crippen LogP contribution in [0, 0.1) is 0 Å². The van der Waals surface area contributed by atoms with Crippen molar-refractivity contribution < 1.29 is 0 Å². The highest BCUT2D eigenvalue weighted by molar-refractivity contribution is 5.61. The van der Waals surface area contributed by atoms with Gasteiger partial charge in [-0.3, -0.25) is 0 Å². The lowest BCUT2D eigenvalue weighted by Crippen LogP contribution is -2.30. The Bertz CT molecular complexity index is 306. The van der Waals surface area contributed by atoms with Crippen molar-refractivity contribution in [2.24, 2.45) is 5.73 Å². The summed E-state index contributed by atoms with van der Waals surface area (Å²) >= 11 is 0. The van der Waals surface area contributed by atoms with Crippen LogP contribution in [0.1, 0.15) is 24.5 Å². The first-order chi connectivity index (χ1) is 6.86. The second kappa shape index (κ2) is 4.01. The molecule has 2 N–H and O–H groups in total. The molecule has 0 saturated carbocycles. The Hall–Kier alpha value is -1.02. The summed E-state index contributed by atoms with van der Waals surface area (Å²) in [4.78, 5) is 2.45. The van der Waals surface area contributed by atoms with Gasteiger partial charge in [0.15, 0.2) is 0 Å². The molecular weight excluding hydrogens is 172 g/mol. The Balaban J connectivity index is 2.46. The molecule has 0 unspecified atom stereocenters. The monoisotopic (exact) mass is 190 g/mol. The molecule has 1 aliphatic heterocycles. The Kier molecular flexibility index (Phi) is 2.73. The van der Waals surface area contributed by atoms with E-state index in [9.17, 15) is 0 Å². The molecule has 0 atom stereocenters. The molecule has 1 heterocycles. The SMILES string of the molecule is CCN1CCCc2cccc(CN)c21. The quantitative estimate of drug-likeness (QED) is 0.772. The summed E-state index contributed by atoms with van der Waals surface area (Å²) in [6, 6.07) is 6.50. The van der Waals surface area contributed by atoms with Crippen molar-refractivity contribution in [1.29, 1.82) is 0 Å². The van der Waals surface area contributed by atoms with Gasteiger partial charge in [0.25, 0.3) is 0 Å². The first kappa shape index (κ1) is 9.53. The molecule has 0 amide bonds. The van der Waals surface area contributed by atoms with Gasteiger partial charge >= 0.3 is 0 Å². The average Bonchev–Trinajstić information content (AvgIpc) is 2.27. The number of hydrogen-bond donors (Lipinski definition) is 1. The van der Waals surface area contributed by atoms with Gasteiger partial charge in [-0.25, -0.2) is 0 Å². The first-order valence-corrected chi connectivity index (χ1v) is 5.42. The molecule has 1 aromatic carbocycles. The Morgan fingerprint density at radius 3 is 3.00 bits per heavy atom. The summed E-state index contributed by atoms with van der Waals surface area (Å²) in [7, 11) is 0. The number of fused-ring (bicyclic) bond motifs is 1. The normalized spacial score (nSPS) is 15.4. The van der Waals surface area contributed by atoms with Crippen LogP contribution in [0.15, 0.2) is 18.2 Å². The van der Waals surface area contributed by atoms with Gasteiger partial charge in [-0.15, -0.1) is 0 Å². The van der Waals surface area contributed by atoms with E-state index in [-0.39, 0.29) is 0 Å². The van der Waals surface area contributed by atoms with Crippen LogP contribution in [0.2, 0.25) is 0 Å². The molecule has 0 saturated heterocycles. The van der Waals surface area contributed by atoms with E-state index in [4.69, 9.17) is 5.73 Å². The molecule has 0 fully saturated rings. The summed E-state index contributed by atoms with van der Waals surface area (Å²) in [5.41, 5.74) is 9.94. The summed E-state index contributed by atoms with van der Waals surface area (Å²) < 4.78 is 0. The molecule has 0 aliphatic carbocycles. The molecule has 2 heteroatoms. The standard InChI is InChI=1S/C12H18N2/c1-2-14-8-4-7-10-5-3-6-11(9-13)12(10)14/h3,5-6H,2,4,7-9,13H2,1H3. The Morgan fingerprint density at radius 1 is 1.43 bits per heavy atom. The van der Waals surface area contributed by atoms with E-state index in [0.29, 0.717) is 6.54 Å². The maximum atomic E-state index is 5.76. The summed E-state index contributed by atoms with van der Waals surface area (Å²) in [5.74, 6) is 0. The van der Waals surface area contributed by atoms with Crippen LogP contribution in [-0.4, -0.2) is 13.1 Å². The summed E-state index contributed by atoms with van der Waals surface area (Å²) in [6.07, 6.45) is 2.48. The van der Waals surface area contributed by atoms with Crippen molar-refractivity contribution in [2.75, 3.05) is 18.0 Å². The number of rotatable bonds is 2. The number of nitrogens with two attached hydrogens (primary N) is 1. The van der Waals surface area contributed by atoms with Crippen LogP contribution in [0.4, 0.5) is 5.69 Å². The van der Waals surface area contributed by atoms with E-state index >= 15 is 0 Å². The van der Waals surface area contributed by atoms with E-state index in [0.717, 1.165) is 6.54 Å². The molecule has 14 heavy (non-hydrogen) atoms. The molecule has 2 nitrogen and oxygen atoms in total. The van der Waals surface area contributed by atoms with E-state index in [1.54, 1.807) is 0 Å². The lowest BCUT2D eigenvalue weighted by molar-refractivity contribution is 0.702. The molecule has 2 rings (SSSR count). The van der Waals surface area contributed by atoms with Crippen molar-refractivity contribution in [1.82, 2.24) is 0 Å². The zero-order valence-electron chi connectivity index (χ0n) is 8.79. The van der Waals surface area contributed by atoms with Crippen molar-refractivity contribution in [3.63, 3.8) is 0 Å². The van der Waals surface area contributed by atoms with Crippen LogP contribution < -0.4 is 10.6 Å². The highest BCUT2D eigenvalue weighted by atomic mass is 15.1. The molecule has 1 aliphatic rings. The molecule has 0 bridgehead atoms. The lowest BCUT2D eigenvalue weighted by atomic mass is 9.98. The van der Waals surface area contributed by atoms with Crippen molar-refractivity contribution in [2.45, 2.75) is 26.3 Å². The van der Waals surface area contributed by atoms with Gasteiger partial charge in [0.1, 0.15) is 0 Å². The highest BCUT2D eigenvalue weighted by Gasteiger charge is 2.17. The molecular formula is C12H18N2. The van der Waals surface area contributed by atoms with Crippen molar-refractivity contribution >= 4 is 5.69 Å². The molecule has 1 aromatic rings. The number of benzene rings is 1. The number of hydrogen-bond acceptors (Lipinski definition) is 2. The number of para-hydroxylation sites is 1. The Labute approximate surface area is 85.7 Å². The van der Waals surface area contributed by atoms with Crippen LogP contribution in [0.5, 0.6) is 0 Å². The second-order valence-electron chi connectivity index (χ2n) is 3.81. The third kappa shape index (κ3) is 1.50. The van der Waals surface area contributed by atoms with Crippen LogP contribution in [-0.2, 0) is 13.0 Å². The third-order valence-electron chi connectivity index (χ3n) is 3.00. The second-order valence-corrected chi connectivity index (χ2v) is 3.81. The largest absolute Gasteiger partial charge is 0.371 e. The number of aryl methyl sites for hydroxylation is 1. The van der Waals surface area contributed by atoms with Gasteiger partial charge in [0.2, 0.25) is 0 Å². The molecule has 0 aromatic heterocycles. The summed E-state index contributed by atoms with van der Waals surface area (Å²) in [6.45, 7) is 5.13. The minimum atomic E-state index is 0.652. The van der Waals surface area contributed by atoms with E-state index in [1.165, 1.54) is 36.2 Å².